The van der Waals surface area contributed by atoms with Crippen molar-refractivity contribution in [1.82, 2.24) is 4.90 Å². The first-order valence-electron chi connectivity index (χ1n) is 6.68. The number of nitrogens with zero attached hydrogens (tertiary/aromatic N) is 1. The van der Waals surface area contributed by atoms with Crippen molar-refractivity contribution in [2.75, 3.05) is 20.2 Å². The van der Waals surface area contributed by atoms with Gasteiger partial charge in [0.25, 0.3) is 5.91 Å². The van der Waals surface area contributed by atoms with E-state index in [4.69, 9.17) is 14.8 Å². The van der Waals surface area contributed by atoms with Crippen LogP contribution in [0.4, 0.5) is 8.78 Å². The molecule has 1 aromatic carbocycles. The van der Waals surface area contributed by atoms with E-state index in [-0.39, 0.29) is 5.75 Å². The normalized spacial score (nSPS) is 15.0. The summed E-state index contributed by atoms with van der Waals surface area (Å²) < 4.78 is 32.9. The van der Waals surface area contributed by atoms with Crippen LogP contribution in [-0.4, -0.2) is 48.2 Å². The first kappa shape index (κ1) is 15.7. The highest BCUT2D eigenvalue weighted by atomic mass is 19.2. The molecule has 2 N–H and O–H groups in total. The average molecular weight is 299 g/mol. The molecule has 0 unspecified atom stereocenters. The van der Waals surface area contributed by atoms with E-state index in [1.54, 1.807) is 0 Å². The molecule has 0 aromatic heterocycles. The summed E-state index contributed by atoms with van der Waals surface area (Å²) in [5.74, 6) is -3.74. The summed E-state index contributed by atoms with van der Waals surface area (Å²) in [5.41, 5.74) is -1.18. The maximum atomic E-state index is 14.2. The molecule has 1 aliphatic heterocycles. The van der Waals surface area contributed by atoms with Gasteiger partial charge in [-0.15, -0.1) is 0 Å². The molecule has 1 aromatic rings. The van der Waals surface area contributed by atoms with Gasteiger partial charge in [0.1, 0.15) is 11.3 Å². The van der Waals surface area contributed by atoms with Gasteiger partial charge in [-0.2, -0.15) is 0 Å². The number of benzene rings is 1. The van der Waals surface area contributed by atoms with E-state index in [9.17, 15) is 13.6 Å². The highest BCUT2D eigenvalue weighted by Crippen LogP contribution is 2.25. The van der Waals surface area contributed by atoms with Crippen molar-refractivity contribution in [3.05, 3.63) is 23.3 Å². The first-order chi connectivity index (χ1) is 9.97. The Labute approximate surface area is 121 Å². The molecule has 0 bridgehead atoms. The minimum absolute atomic E-state index is 0.215. The van der Waals surface area contributed by atoms with Gasteiger partial charge in [0.2, 0.25) is 0 Å². The predicted molar refractivity (Wildman–Crippen MR) is 72.5 cm³/mol. The summed E-state index contributed by atoms with van der Waals surface area (Å²) in [6.07, 6.45) is 2.62. The summed E-state index contributed by atoms with van der Waals surface area (Å²) in [6, 6.07) is 0.931. The van der Waals surface area contributed by atoms with Crippen LogP contribution in [0.25, 0.3) is 0 Å². The van der Waals surface area contributed by atoms with Crippen molar-refractivity contribution in [3.8, 4) is 5.75 Å². The number of ether oxygens (including phenoxy) is 1. The van der Waals surface area contributed by atoms with Crippen LogP contribution in [0.3, 0.4) is 0 Å². The highest BCUT2D eigenvalue weighted by Gasteiger charge is 2.31. The van der Waals surface area contributed by atoms with Crippen LogP contribution in [-0.2, 0) is 0 Å². The van der Waals surface area contributed by atoms with Crippen LogP contribution in [0, 0.1) is 11.6 Å². The first-order valence-corrected chi connectivity index (χ1v) is 6.68. The zero-order chi connectivity index (χ0) is 15.6. The Kier molecular flexibility index (Phi) is 4.79. The van der Waals surface area contributed by atoms with E-state index in [1.807, 2.05) is 0 Å². The fourth-order valence-corrected chi connectivity index (χ4v) is 2.42. The van der Waals surface area contributed by atoms with Gasteiger partial charge in [-0.25, -0.2) is 8.78 Å². The molecule has 8 heteroatoms. The predicted octanol–water partition coefficient (Wildman–Crippen LogP) is 0.279. The maximum absolute atomic E-state index is 14.2. The lowest BCUT2D eigenvalue weighted by Crippen LogP contribution is -2.38. The van der Waals surface area contributed by atoms with Crippen molar-refractivity contribution in [2.45, 2.75) is 19.3 Å². The molecule has 1 saturated heterocycles. The quantitative estimate of drug-likeness (QED) is 0.787. The van der Waals surface area contributed by atoms with Crippen molar-refractivity contribution in [3.63, 3.8) is 0 Å². The number of amides is 1. The third-order valence-electron chi connectivity index (χ3n) is 3.55. The van der Waals surface area contributed by atoms with Gasteiger partial charge in [0, 0.05) is 18.6 Å². The minimum Gasteiger partial charge on any atom is -0.496 e. The molecule has 5 nitrogen and oxygen atoms in total. The number of hydrogen-bond donors (Lipinski definition) is 2. The fraction of sp³-hybridized carbons (Fsp3) is 0.462. The second-order valence-corrected chi connectivity index (χ2v) is 4.90. The molecule has 114 valence electrons. The Bertz CT molecular complexity index is 547. The molecule has 0 atom stereocenters. The molecular formula is C13H16BF2NO4. The Morgan fingerprint density at radius 2 is 1.86 bits per heavy atom. The fourth-order valence-electron chi connectivity index (χ4n) is 2.42. The minimum atomic E-state index is -2.19. The second-order valence-electron chi connectivity index (χ2n) is 4.90. The van der Waals surface area contributed by atoms with Gasteiger partial charge in [-0.1, -0.05) is 0 Å². The van der Waals surface area contributed by atoms with Crippen LogP contribution >= 0.6 is 0 Å². The van der Waals surface area contributed by atoms with Gasteiger partial charge in [-0.05, 0) is 25.3 Å². The number of halogens is 2. The molecular weight excluding hydrogens is 283 g/mol. The summed E-state index contributed by atoms with van der Waals surface area (Å²) in [7, 11) is -0.986. The third-order valence-corrected chi connectivity index (χ3v) is 3.55. The molecule has 0 spiro atoms. The molecule has 1 amide bonds. The summed E-state index contributed by atoms with van der Waals surface area (Å²) in [5, 5.41) is 18.1. The Balaban J connectivity index is 2.47. The summed E-state index contributed by atoms with van der Waals surface area (Å²) in [4.78, 5) is 13.8. The maximum Gasteiger partial charge on any atom is 0.491 e. The van der Waals surface area contributed by atoms with E-state index in [2.05, 4.69) is 0 Å². The van der Waals surface area contributed by atoms with Crippen molar-refractivity contribution in [2.24, 2.45) is 0 Å². The van der Waals surface area contributed by atoms with E-state index in [0.717, 1.165) is 25.3 Å². The molecule has 0 saturated carbocycles. The zero-order valence-electron chi connectivity index (χ0n) is 11.6. The molecule has 0 aliphatic carbocycles. The van der Waals surface area contributed by atoms with Crippen LogP contribution in [0.15, 0.2) is 6.07 Å². The topological polar surface area (TPSA) is 70.0 Å². The van der Waals surface area contributed by atoms with Crippen LogP contribution < -0.4 is 10.2 Å². The number of rotatable bonds is 3. The lowest BCUT2D eigenvalue weighted by Gasteiger charge is -2.27. The van der Waals surface area contributed by atoms with Crippen molar-refractivity contribution < 1.29 is 28.4 Å². The van der Waals surface area contributed by atoms with Gasteiger partial charge in [-0.3, -0.25) is 4.79 Å². The summed E-state index contributed by atoms with van der Waals surface area (Å²) >= 11 is 0. The van der Waals surface area contributed by atoms with Crippen LogP contribution in [0.1, 0.15) is 29.6 Å². The van der Waals surface area contributed by atoms with E-state index in [1.165, 1.54) is 12.0 Å². The molecule has 1 fully saturated rings. The SMILES string of the molecule is COc1cc(B(O)O)c(F)c(F)c1C(=O)N1CCCCC1. The van der Waals surface area contributed by atoms with E-state index in [0.29, 0.717) is 13.1 Å². The number of hydrogen-bond acceptors (Lipinski definition) is 4. The summed E-state index contributed by atoms with van der Waals surface area (Å²) in [6.45, 7) is 0.959. The van der Waals surface area contributed by atoms with Gasteiger partial charge in [0.15, 0.2) is 11.6 Å². The number of methoxy groups -OCH3 is 1. The lowest BCUT2D eigenvalue weighted by atomic mass is 9.79. The molecule has 0 radical (unpaired) electrons. The smallest absolute Gasteiger partial charge is 0.491 e. The number of piperidine rings is 1. The zero-order valence-corrected chi connectivity index (χ0v) is 11.6. The standard InChI is InChI=1S/C13H16BF2NO4/c1-21-9-7-8(14(19)20)11(15)12(16)10(9)13(18)17-5-3-2-4-6-17/h7,19-20H,2-6H2,1H3. The van der Waals surface area contributed by atoms with Gasteiger partial charge >= 0.3 is 7.12 Å². The monoisotopic (exact) mass is 299 g/mol. The Morgan fingerprint density at radius 3 is 2.38 bits per heavy atom. The largest absolute Gasteiger partial charge is 0.496 e. The van der Waals surface area contributed by atoms with E-state index >= 15 is 0 Å². The Morgan fingerprint density at radius 1 is 1.24 bits per heavy atom. The van der Waals surface area contributed by atoms with Crippen molar-refractivity contribution in [1.29, 1.82) is 0 Å². The number of carbonyl (C=O) groups is 1. The van der Waals surface area contributed by atoms with Gasteiger partial charge in [0.05, 0.1) is 7.11 Å². The average Bonchev–Trinajstić information content (AvgIpc) is 2.49. The third kappa shape index (κ3) is 3.01. The molecule has 1 heterocycles. The van der Waals surface area contributed by atoms with Crippen molar-refractivity contribution >= 4 is 18.5 Å². The van der Waals surface area contributed by atoms with Gasteiger partial charge < -0.3 is 19.7 Å². The highest BCUT2D eigenvalue weighted by molar-refractivity contribution is 6.58. The Hall–Kier alpha value is -1.67. The lowest BCUT2D eigenvalue weighted by molar-refractivity contribution is 0.0714. The number of likely N-dealkylation sites (tertiary alicyclic amines) is 1. The number of carbonyl (C=O) groups excluding carboxylic acids is 1. The second kappa shape index (κ2) is 6.40. The molecule has 1 aliphatic rings. The van der Waals surface area contributed by atoms with Crippen LogP contribution in [0.5, 0.6) is 5.75 Å². The van der Waals surface area contributed by atoms with E-state index < -0.39 is 35.7 Å². The molecule has 21 heavy (non-hydrogen) atoms. The van der Waals surface area contributed by atoms with Crippen LogP contribution in [0.2, 0.25) is 0 Å². The molecule has 2 rings (SSSR count).